The molecular weight excluding hydrogens is 296 g/mol. The van der Waals surface area contributed by atoms with Crippen LogP contribution in [-0.2, 0) is 13.6 Å². The van der Waals surface area contributed by atoms with Gasteiger partial charge in [-0.3, -0.25) is 9.69 Å². The van der Waals surface area contributed by atoms with E-state index in [9.17, 15) is 4.79 Å². The maximum absolute atomic E-state index is 11.5. The van der Waals surface area contributed by atoms with Crippen molar-refractivity contribution in [1.82, 2.24) is 9.47 Å². The number of hydrogen-bond donors (Lipinski definition) is 0. The average molecular weight is 317 g/mol. The third-order valence-electron chi connectivity index (χ3n) is 4.49. The SMILES string of the molecule is CC(=O)c1cc(CN2CC[C@@H](c3cccc(Cl)c3)C2)n(C)c1. The lowest BCUT2D eigenvalue weighted by Gasteiger charge is -2.16. The molecule has 22 heavy (non-hydrogen) atoms. The van der Waals surface area contributed by atoms with Crippen LogP contribution in [0.4, 0.5) is 0 Å². The fraction of sp³-hybridized carbons (Fsp3) is 0.389. The van der Waals surface area contributed by atoms with Crippen molar-refractivity contribution in [2.24, 2.45) is 7.05 Å². The Bertz CT molecular complexity index is 692. The number of aryl methyl sites for hydroxylation is 1. The Balaban J connectivity index is 1.67. The van der Waals surface area contributed by atoms with E-state index in [1.54, 1.807) is 6.92 Å². The molecule has 2 heterocycles. The molecule has 4 heteroatoms. The molecule has 1 aliphatic heterocycles. The van der Waals surface area contributed by atoms with Gasteiger partial charge in [0.2, 0.25) is 0 Å². The van der Waals surface area contributed by atoms with E-state index in [-0.39, 0.29) is 5.78 Å². The van der Waals surface area contributed by atoms with Gasteiger partial charge in [-0.2, -0.15) is 0 Å². The van der Waals surface area contributed by atoms with Crippen LogP contribution in [-0.4, -0.2) is 28.3 Å². The van der Waals surface area contributed by atoms with Crippen LogP contribution in [0.3, 0.4) is 0 Å². The predicted octanol–water partition coefficient (Wildman–Crippen LogP) is 3.87. The van der Waals surface area contributed by atoms with E-state index < -0.39 is 0 Å². The zero-order valence-electron chi connectivity index (χ0n) is 13.1. The quantitative estimate of drug-likeness (QED) is 0.800. The molecule has 1 atom stereocenters. The van der Waals surface area contributed by atoms with Gasteiger partial charge in [0.05, 0.1) is 0 Å². The number of Topliss-reactive ketones (excluding diaryl/α,β-unsaturated/α-hetero) is 1. The topological polar surface area (TPSA) is 25.2 Å². The minimum absolute atomic E-state index is 0.125. The number of nitrogens with zero attached hydrogens (tertiary/aromatic N) is 2. The second-order valence-corrected chi connectivity index (χ2v) is 6.60. The monoisotopic (exact) mass is 316 g/mol. The molecule has 1 aromatic carbocycles. The van der Waals surface area contributed by atoms with E-state index >= 15 is 0 Å². The van der Waals surface area contributed by atoms with Gasteiger partial charge in [-0.1, -0.05) is 23.7 Å². The zero-order valence-corrected chi connectivity index (χ0v) is 13.8. The minimum atomic E-state index is 0.125. The molecule has 1 saturated heterocycles. The van der Waals surface area contributed by atoms with E-state index in [1.807, 2.05) is 31.4 Å². The first-order valence-corrected chi connectivity index (χ1v) is 8.04. The highest BCUT2D eigenvalue weighted by atomic mass is 35.5. The number of rotatable bonds is 4. The summed E-state index contributed by atoms with van der Waals surface area (Å²) in [6, 6.07) is 10.2. The van der Waals surface area contributed by atoms with Crippen LogP contribution in [0.25, 0.3) is 0 Å². The molecule has 0 N–H and O–H groups in total. The average Bonchev–Trinajstić information content (AvgIpc) is 3.07. The van der Waals surface area contributed by atoms with Crippen molar-refractivity contribution in [2.45, 2.75) is 25.8 Å². The van der Waals surface area contributed by atoms with Gasteiger partial charge in [0.15, 0.2) is 5.78 Å². The number of ketones is 1. The summed E-state index contributed by atoms with van der Waals surface area (Å²) in [4.78, 5) is 13.9. The fourth-order valence-corrected chi connectivity index (χ4v) is 3.40. The molecule has 0 amide bonds. The van der Waals surface area contributed by atoms with Crippen LogP contribution >= 0.6 is 11.6 Å². The number of carbonyl (C=O) groups excluding carboxylic acids is 1. The molecule has 1 fully saturated rings. The summed E-state index contributed by atoms with van der Waals surface area (Å²) in [6.45, 7) is 4.63. The van der Waals surface area contributed by atoms with Crippen molar-refractivity contribution in [3.05, 3.63) is 58.4 Å². The third-order valence-corrected chi connectivity index (χ3v) is 4.73. The molecule has 3 rings (SSSR count). The summed E-state index contributed by atoms with van der Waals surface area (Å²) in [7, 11) is 2.01. The normalized spacial score (nSPS) is 18.8. The summed E-state index contributed by atoms with van der Waals surface area (Å²) < 4.78 is 2.06. The summed E-state index contributed by atoms with van der Waals surface area (Å²) >= 11 is 6.09. The molecule has 0 aliphatic carbocycles. The first kappa shape index (κ1) is 15.3. The fourth-order valence-electron chi connectivity index (χ4n) is 3.20. The standard InChI is InChI=1S/C18H21ClN2O/c1-13(22)16-9-18(20(2)10-16)12-21-7-6-15(11-21)14-4-3-5-17(19)8-14/h3-5,8-10,15H,6-7,11-12H2,1-2H3/t15-/m1/s1. The van der Waals surface area contributed by atoms with Gasteiger partial charge >= 0.3 is 0 Å². The van der Waals surface area contributed by atoms with Crippen molar-refractivity contribution in [1.29, 1.82) is 0 Å². The van der Waals surface area contributed by atoms with Gasteiger partial charge in [0, 0.05) is 42.6 Å². The maximum atomic E-state index is 11.5. The molecule has 0 spiro atoms. The third kappa shape index (κ3) is 3.26. The van der Waals surface area contributed by atoms with Crippen LogP contribution in [0.5, 0.6) is 0 Å². The Hall–Kier alpha value is -1.58. The Kier molecular flexibility index (Phi) is 4.37. The molecule has 1 aliphatic rings. The van der Waals surface area contributed by atoms with Crippen molar-refractivity contribution in [3.8, 4) is 0 Å². The van der Waals surface area contributed by atoms with Gasteiger partial charge in [-0.25, -0.2) is 0 Å². The lowest BCUT2D eigenvalue weighted by Crippen LogP contribution is -2.21. The predicted molar refractivity (Wildman–Crippen MR) is 89.5 cm³/mol. The second-order valence-electron chi connectivity index (χ2n) is 6.16. The van der Waals surface area contributed by atoms with Gasteiger partial charge in [0.25, 0.3) is 0 Å². The number of carbonyl (C=O) groups is 1. The van der Waals surface area contributed by atoms with Crippen molar-refractivity contribution >= 4 is 17.4 Å². The molecule has 116 valence electrons. The Morgan fingerprint density at radius 3 is 2.86 bits per heavy atom. The summed E-state index contributed by atoms with van der Waals surface area (Å²) in [5.74, 6) is 0.673. The first-order valence-electron chi connectivity index (χ1n) is 7.67. The van der Waals surface area contributed by atoms with Crippen LogP contribution in [0, 0.1) is 0 Å². The molecule has 0 saturated carbocycles. The summed E-state index contributed by atoms with van der Waals surface area (Å²) in [6.07, 6.45) is 3.08. The number of aromatic nitrogens is 1. The number of likely N-dealkylation sites (tertiary alicyclic amines) is 1. The number of benzene rings is 1. The highest BCUT2D eigenvalue weighted by Gasteiger charge is 2.24. The zero-order chi connectivity index (χ0) is 15.7. The van der Waals surface area contributed by atoms with E-state index in [4.69, 9.17) is 11.6 Å². The van der Waals surface area contributed by atoms with E-state index in [0.717, 1.165) is 36.6 Å². The molecule has 2 aromatic rings. The van der Waals surface area contributed by atoms with E-state index in [0.29, 0.717) is 5.92 Å². The first-order chi connectivity index (χ1) is 10.5. The largest absolute Gasteiger partial charge is 0.353 e. The molecule has 1 aromatic heterocycles. The van der Waals surface area contributed by atoms with Gasteiger partial charge < -0.3 is 4.57 Å². The van der Waals surface area contributed by atoms with Crippen molar-refractivity contribution < 1.29 is 4.79 Å². The molecular formula is C18H21ClN2O. The van der Waals surface area contributed by atoms with Gasteiger partial charge in [-0.05, 0) is 49.6 Å². The molecule has 0 bridgehead atoms. The molecule has 0 radical (unpaired) electrons. The lowest BCUT2D eigenvalue weighted by atomic mass is 9.99. The van der Waals surface area contributed by atoms with Gasteiger partial charge in [0.1, 0.15) is 0 Å². The molecule has 3 nitrogen and oxygen atoms in total. The van der Waals surface area contributed by atoms with Crippen molar-refractivity contribution in [2.75, 3.05) is 13.1 Å². The highest BCUT2D eigenvalue weighted by molar-refractivity contribution is 6.30. The second kappa shape index (κ2) is 6.27. The van der Waals surface area contributed by atoms with Crippen LogP contribution in [0.1, 0.15) is 40.9 Å². The Morgan fingerprint density at radius 1 is 1.36 bits per heavy atom. The smallest absolute Gasteiger partial charge is 0.161 e. The maximum Gasteiger partial charge on any atom is 0.161 e. The number of halogens is 1. The van der Waals surface area contributed by atoms with E-state index in [2.05, 4.69) is 21.6 Å². The van der Waals surface area contributed by atoms with Crippen LogP contribution in [0.15, 0.2) is 36.5 Å². The van der Waals surface area contributed by atoms with Gasteiger partial charge in [-0.15, -0.1) is 0 Å². The molecule has 0 unspecified atom stereocenters. The van der Waals surface area contributed by atoms with Crippen LogP contribution in [0.2, 0.25) is 5.02 Å². The summed E-state index contributed by atoms with van der Waals surface area (Å²) in [5.41, 5.74) is 3.31. The highest BCUT2D eigenvalue weighted by Crippen LogP contribution is 2.29. The number of hydrogen-bond acceptors (Lipinski definition) is 2. The lowest BCUT2D eigenvalue weighted by molar-refractivity contribution is 0.101. The summed E-state index contributed by atoms with van der Waals surface area (Å²) in [5, 5.41) is 0.810. The minimum Gasteiger partial charge on any atom is -0.353 e. The van der Waals surface area contributed by atoms with Crippen LogP contribution < -0.4 is 0 Å². The van der Waals surface area contributed by atoms with Crippen molar-refractivity contribution in [3.63, 3.8) is 0 Å². The Morgan fingerprint density at radius 2 is 2.18 bits per heavy atom. The van der Waals surface area contributed by atoms with E-state index in [1.165, 1.54) is 11.3 Å². The Labute approximate surface area is 136 Å².